The third kappa shape index (κ3) is 4.01. The van der Waals surface area contributed by atoms with Crippen LogP contribution >= 0.6 is 0 Å². The van der Waals surface area contributed by atoms with Gasteiger partial charge in [-0.15, -0.1) is 0 Å². The molecule has 2 saturated heterocycles. The van der Waals surface area contributed by atoms with E-state index in [0.717, 1.165) is 19.3 Å². The van der Waals surface area contributed by atoms with Crippen LogP contribution in [0.1, 0.15) is 51.6 Å². The fraction of sp³-hybridized carbons (Fsp3) is 0.552. The smallest absolute Gasteiger partial charge is 0.313 e. The van der Waals surface area contributed by atoms with Crippen molar-refractivity contribution >= 4 is 17.8 Å². The van der Waals surface area contributed by atoms with E-state index in [9.17, 15) is 19.5 Å². The average molecular weight is 509 g/mol. The van der Waals surface area contributed by atoms with E-state index in [2.05, 4.69) is 0 Å². The van der Waals surface area contributed by atoms with Gasteiger partial charge >= 0.3 is 5.97 Å². The summed E-state index contributed by atoms with van der Waals surface area (Å²) in [4.78, 5) is 45.4. The number of aliphatic hydroxyl groups excluding tert-OH is 1. The number of cyclic esters (lactones) is 1. The molecule has 5 rings (SSSR count). The highest BCUT2D eigenvalue weighted by molar-refractivity contribution is 5.99. The molecule has 6 atom stereocenters. The molecule has 1 aromatic carbocycles. The predicted octanol–water partition coefficient (Wildman–Crippen LogP) is 2.78. The highest BCUT2D eigenvalue weighted by Gasteiger charge is 2.75. The molecule has 0 aromatic heterocycles. The first kappa shape index (κ1) is 25.7. The number of allylic oxidation sites excluding steroid dienone is 1. The Balaban J connectivity index is 1.70. The molecule has 4 aliphatic rings. The van der Waals surface area contributed by atoms with Gasteiger partial charge in [0.2, 0.25) is 11.8 Å². The normalized spacial score (nSPS) is 35.5. The molecule has 0 radical (unpaired) electrons. The Labute approximate surface area is 217 Å². The van der Waals surface area contributed by atoms with Crippen molar-refractivity contribution in [3.05, 3.63) is 60.2 Å². The van der Waals surface area contributed by atoms with Crippen molar-refractivity contribution in [2.45, 2.75) is 69.4 Å². The van der Waals surface area contributed by atoms with Crippen molar-refractivity contribution in [2.75, 3.05) is 19.8 Å². The topological polar surface area (TPSA) is 96.4 Å². The molecular weight excluding hydrogens is 472 g/mol. The summed E-state index contributed by atoms with van der Waals surface area (Å²) in [7, 11) is 0. The van der Waals surface area contributed by atoms with Crippen LogP contribution in [0.25, 0.3) is 0 Å². The molecule has 1 unspecified atom stereocenters. The Morgan fingerprint density at radius 2 is 1.78 bits per heavy atom. The molecule has 2 fully saturated rings. The summed E-state index contributed by atoms with van der Waals surface area (Å²) in [6, 6.07) is 7.26. The number of hydrogen-bond donors (Lipinski definition) is 1. The van der Waals surface area contributed by atoms with Gasteiger partial charge in [-0.2, -0.15) is 0 Å². The molecule has 198 valence electrons. The summed E-state index contributed by atoms with van der Waals surface area (Å²) in [5.41, 5.74) is -1.79. The van der Waals surface area contributed by atoms with Crippen LogP contribution in [-0.2, 0) is 23.9 Å². The van der Waals surface area contributed by atoms with Gasteiger partial charge in [0, 0.05) is 12.6 Å². The lowest BCUT2D eigenvalue weighted by atomic mass is 9.74. The molecule has 1 aromatic rings. The molecule has 8 heteroatoms. The monoisotopic (exact) mass is 508 g/mol. The second-order valence-corrected chi connectivity index (χ2v) is 10.9. The summed E-state index contributed by atoms with van der Waals surface area (Å²) < 4.78 is 12.5. The van der Waals surface area contributed by atoms with Crippen LogP contribution in [0.2, 0.25) is 0 Å². The summed E-state index contributed by atoms with van der Waals surface area (Å²) in [6.07, 6.45) is 9.99. The predicted molar refractivity (Wildman–Crippen MR) is 136 cm³/mol. The lowest BCUT2D eigenvalue weighted by Gasteiger charge is -2.41. The number of esters is 1. The number of fused-ring (bicyclic) bond motifs is 2. The maximum absolute atomic E-state index is 14.4. The van der Waals surface area contributed by atoms with Gasteiger partial charge in [-0.05, 0) is 45.6 Å². The van der Waals surface area contributed by atoms with Gasteiger partial charge in [0.25, 0.3) is 0 Å². The summed E-state index contributed by atoms with van der Waals surface area (Å²) >= 11 is 0. The number of nitrogens with zero attached hydrogens (tertiary/aromatic N) is 2. The lowest BCUT2D eigenvalue weighted by molar-refractivity contribution is -0.162. The van der Waals surface area contributed by atoms with E-state index in [1.165, 1.54) is 4.90 Å². The van der Waals surface area contributed by atoms with Gasteiger partial charge in [0.1, 0.15) is 17.6 Å². The van der Waals surface area contributed by atoms with Crippen molar-refractivity contribution in [3.8, 4) is 0 Å². The number of likely N-dealkylation sites (tertiary alicyclic amines) is 1. The molecule has 4 aliphatic heterocycles. The zero-order chi connectivity index (χ0) is 26.4. The average Bonchev–Trinajstić information content (AvgIpc) is 3.20. The van der Waals surface area contributed by atoms with E-state index in [4.69, 9.17) is 9.47 Å². The zero-order valence-corrected chi connectivity index (χ0v) is 21.7. The van der Waals surface area contributed by atoms with Crippen molar-refractivity contribution < 1.29 is 29.0 Å². The van der Waals surface area contributed by atoms with Crippen molar-refractivity contribution in [3.63, 3.8) is 0 Å². The number of benzene rings is 1. The van der Waals surface area contributed by atoms with Gasteiger partial charge in [-0.1, -0.05) is 54.6 Å². The summed E-state index contributed by atoms with van der Waals surface area (Å²) in [5.74, 6) is -3.03. The van der Waals surface area contributed by atoms with Crippen LogP contribution in [0.15, 0.2) is 54.6 Å². The SMILES string of the molecule is CC(C)N1CC=C[C@]23O[C@@]4(C)/C=C\CCCCOC(=O)[C@H]4[C@H]2C(=O)N([C@H](CO)c2ccccc2)C3C1=O. The van der Waals surface area contributed by atoms with Gasteiger partial charge in [0.15, 0.2) is 0 Å². The number of ether oxygens (including phenoxy) is 2. The van der Waals surface area contributed by atoms with E-state index in [-0.39, 0.29) is 31.1 Å². The van der Waals surface area contributed by atoms with Crippen LogP contribution in [0, 0.1) is 11.8 Å². The fourth-order valence-electron chi connectivity index (χ4n) is 6.58. The van der Waals surface area contributed by atoms with Crippen molar-refractivity contribution in [2.24, 2.45) is 11.8 Å². The van der Waals surface area contributed by atoms with E-state index < -0.39 is 41.1 Å². The lowest BCUT2D eigenvalue weighted by Crippen LogP contribution is -2.57. The fourth-order valence-corrected chi connectivity index (χ4v) is 6.58. The molecule has 8 nitrogen and oxygen atoms in total. The molecule has 37 heavy (non-hydrogen) atoms. The minimum Gasteiger partial charge on any atom is -0.465 e. The van der Waals surface area contributed by atoms with Crippen LogP contribution < -0.4 is 0 Å². The Morgan fingerprint density at radius 1 is 1.03 bits per heavy atom. The van der Waals surface area contributed by atoms with E-state index in [0.29, 0.717) is 12.1 Å². The quantitative estimate of drug-likeness (QED) is 0.496. The molecule has 2 amide bonds. The van der Waals surface area contributed by atoms with Gasteiger partial charge < -0.3 is 24.4 Å². The molecule has 0 aliphatic carbocycles. The molecule has 1 N–H and O–H groups in total. The summed E-state index contributed by atoms with van der Waals surface area (Å²) in [6.45, 7) is 5.94. The van der Waals surface area contributed by atoms with Crippen LogP contribution in [0.3, 0.4) is 0 Å². The molecule has 4 heterocycles. The van der Waals surface area contributed by atoms with Gasteiger partial charge in [-0.3, -0.25) is 14.4 Å². The van der Waals surface area contributed by atoms with E-state index in [1.54, 1.807) is 4.90 Å². The van der Waals surface area contributed by atoms with E-state index >= 15 is 0 Å². The number of carbonyl (C=O) groups excluding carboxylic acids is 3. The third-order valence-corrected chi connectivity index (χ3v) is 8.29. The Hall–Kier alpha value is -2.97. The molecule has 1 spiro atoms. The standard InChI is InChI=1S/C29H36N2O6/c1-19(2)30-16-11-15-29-22(23-27(35)36-17-10-5-4-9-14-28(23,3)37-29)25(33)31(24(29)26(30)34)21(18-32)20-12-7-6-8-13-20/h6-9,11-15,19,21-24,32H,4-5,10,16-18H2,1-3H3/b14-9-/t21-,22+,23-,24?,28+,29+/m1/s1. The Kier molecular flexibility index (Phi) is 6.75. The maximum Gasteiger partial charge on any atom is 0.313 e. The number of hydrogen-bond acceptors (Lipinski definition) is 6. The molecule has 0 bridgehead atoms. The number of rotatable bonds is 4. The summed E-state index contributed by atoms with van der Waals surface area (Å²) in [5, 5.41) is 10.5. The van der Waals surface area contributed by atoms with Gasteiger partial charge in [-0.25, -0.2) is 0 Å². The minimum absolute atomic E-state index is 0.116. The molecule has 0 saturated carbocycles. The van der Waals surface area contributed by atoms with E-state index in [1.807, 2.05) is 75.4 Å². The highest BCUT2D eigenvalue weighted by Crippen LogP contribution is 2.58. The van der Waals surface area contributed by atoms with Crippen molar-refractivity contribution in [1.29, 1.82) is 0 Å². The maximum atomic E-state index is 14.4. The van der Waals surface area contributed by atoms with Crippen LogP contribution in [-0.4, -0.2) is 75.7 Å². The second kappa shape index (κ2) is 9.72. The molecular formula is C29H36N2O6. The number of amides is 2. The van der Waals surface area contributed by atoms with Crippen molar-refractivity contribution in [1.82, 2.24) is 9.80 Å². The van der Waals surface area contributed by atoms with Crippen LogP contribution in [0.5, 0.6) is 0 Å². The largest absolute Gasteiger partial charge is 0.465 e. The first-order chi connectivity index (χ1) is 17.7. The second-order valence-electron chi connectivity index (χ2n) is 10.9. The Morgan fingerprint density at radius 3 is 2.49 bits per heavy atom. The third-order valence-electron chi connectivity index (χ3n) is 8.29. The minimum atomic E-state index is -1.38. The number of aliphatic hydroxyl groups is 1. The Bertz CT molecular complexity index is 1120. The van der Waals surface area contributed by atoms with Crippen LogP contribution in [0.4, 0.5) is 0 Å². The zero-order valence-electron chi connectivity index (χ0n) is 21.7. The van der Waals surface area contributed by atoms with Gasteiger partial charge in [0.05, 0.1) is 30.8 Å². The number of carbonyl (C=O) groups is 3. The highest BCUT2D eigenvalue weighted by atomic mass is 16.6. The first-order valence-corrected chi connectivity index (χ1v) is 13.3. The first-order valence-electron chi connectivity index (χ1n) is 13.3.